The fourth-order valence-corrected chi connectivity index (χ4v) is 2.77. The minimum Gasteiger partial charge on any atom is -0.348 e. The summed E-state index contributed by atoms with van der Waals surface area (Å²) in [4.78, 5) is 16.3. The van der Waals surface area contributed by atoms with Crippen molar-refractivity contribution in [3.8, 4) is 0 Å². The van der Waals surface area contributed by atoms with Crippen LogP contribution in [-0.2, 0) is 24.3 Å². The summed E-state index contributed by atoms with van der Waals surface area (Å²) in [6.45, 7) is 1.25. The number of hydrogen-bond donors (Lipinski definition) is 2. The summed E-state index contributed by atoms with van der Waals surface area (Å²) in [5, 5.41) is 2.88. The second kappa shape index (κ2) is 11.1. The Morgan fingerprint density at radius 3 is 2.83 bits per heavy atom. The molecule has 0 radical (unpaired) electrons. The van der Waals surface area contributed by atoms with Crippen LogP contribution in [0.1, 0.15) is 17.8 Å². The van der Waals surface area contributed by atoms with Gasteiger partial charge in [0, 0.05) is 18.9 Å². The van der Waals surface area contributed by atoms with Crippen LogP contribution in [0.5, 0.6) is 0 Å². The van der Waals surface area contributed by atoms with E-state index in [0.29, 0.717) is 13.0 Å². The highest BCUT2D eigenvalue weighted by atomic mass is 35.5. The van der Waals surface area contributed by atoms with Crippen LogP contribution < -0.4 is 11.1 Å². The molecule has 1 amide bonds. The smallest absolute Gasteiger partial charge is 0.237 e. The van der Waals surface area contributed by atoms with E-state index in [1.807, 2.05) is 30.7 Å². The Bertz CT molecular complexity index is 606. The van der Waals surface area contributed by atoms with Crippen molar-refractivity contribution in [2.75, 3.05) is 12.0 Å². The van der Waals surface area contributed by atoms with Crippen LogP contribution in [0.2, 0.25) is 0 Å². The van der Waals surface area contributed by atoms with Gasteiger partial charge in [-0.1, -0.05) is 30.3 Å². The number of hydrogen-bond acceptors (Lipinski definition) is 4. The summed E-state index contributed by atoms with van der Waals surface area (Å²) in [5.74, 6) is 1.63. The molecule has 0 fully saturated rings. The number of aryl methyl sites for hydroxylation is 2. The number of carbonyl (C=O) groups excluding carboxylic acids is 1. The quantitative estimate of drug-likeness (QED) is 0.712. The maximum absolute atomic E-state index is 12.0. The number of thioether (sulfide) groups is 1. The first-order valence-electron chi connectivity index (χ1n) is 7.77. The Morgan fingerprint density at radius 1 is 1.38 bits per heavy atom. The average Bonchev–Trinajstić information content (AvgIpc) is 3.04. The Labute approximate surface area is 153 Å². The molecule has 1 atom stereocenters. The lowest BCUT2D eigenvalue weighted by molar-refractivity contribution is -0.122. The summed E-state index contributed by atoms with van der Waals surface area (Å²) in [7, 11) is 0. The van der Waals surface area contributed by atoms with Crippen molar-refractivity contribution >= 4 is 30.1 Å². The predicted octanol–water partition coefficient (Wildman–Crippen LogP) is 2.24. The largest absolute Gasteiger partial charge is 0.348 e. The number of imidazole rings is 1. The molecule has 0 spiro atoms. The van der Waals surface area contributed by atoms with Crippen molar-refractivity contribution in [2.45, 2.75) is 32.0 Å². The van der Waals surface area contributed by atoms with E-state index in [-0.39, 0.29) is 18.3 Å². The van der Waals surface area contributed by atoms with Gasteiger partial charge < -0.3 is 15.6 Å². The molecule has 0 saturated carbocycles. The molecule has 0 aliphatic heterocycles. The zero-order chi connectivity index (χ0) is 16.5. The Kier molecular flexibility index (Phi) is 9.52. The highest BCUT2D eigenvalue weighted by Crippen LogP contribution is 2.05. The lowest BCUT2D eigenvalue weighted by atomic mass is 10.1. The third-order valence-electron chi connectivity index (χ3n) is 3.68. The van der Waals surface area contributed by atoms with E-state index in [1.165, 1.54) is 5.56 Å². The molecule has 1 aromatic heterocycles. The van der Waals surface area contributed by atoms with Gasteiger partial charge in [0.1, 0.15) is 5.82 Å². The highest BCUT2D eigenvalue weighted by molar-refractivity contribution is 7.98. The van der Waals surface area contributed by atoms with Crippen molar-refractivity contribution in [3.05, 3.63) is 54.1 Å². The van der Waals surface area contributed by atoms with E-state index >= 15 is 0 Å². The first-order valence-corrected chi connectivity index (χ1v) is 9.16. The molecule has 2 rings (SSSR count). The van der Waals surface area contributed by atoms with E-state index in [0.717, 1.165) is 24.5 Å². The molecule has 0 bridgehead atoms. The van der Waals surface area contributed by atoms with Gasteiger partial charge in [0.05, 0.1) is 12.6 Å². The number of benzene rings is 1. The summed E-state index contributed by atoms with van der Waals surface area (Å²) in [6, 6.07) is 9.88. The zero-order valence-corrected chi connectivity index (χ0v) is 15.5. The van der Waals surface area contributed by atoms with Crippen LogP contribution in [0.3, 0.4) is 0 Å². The molecule has 24 heavy (non-hydrogen) atoms. The van der Waals surface area contributed by atoms with Gasteiger partial charge in [-0.3, -0.25) is 4.79 Å². The molecular formula is C17H25ClN4OS. The standard InChI is InChI=1S/C17H24N4OS.ClH/c1-23-12-8-15(18)17(22)20-13-16-19-9-11-21(16)10-7-14-5-3-2-4-6-14;/h2-6,9,11,15H,7-8,10,12-13,18H2,1H3,(H,20,22);1H/t15-;/m0./s1. The van der Waals surface area contributed by atoms with E-state index in [9.17, 15) is 4.79 Å². The van der Waals surface area contributed by atoms with Crippen LogP contribution in [-0.4, -0.2) is 33.5 Å². The summed E-state index contributed by atoms with van der Waals surface area (Å²) < 4.78 is 2.07. The van der Waals surface area contributed by atoms with Gasteiger partial charge in [-0.2, -0.15) is 11.8 Å². The molecule has 2 aromatic rings. The van der Waals surface area contributed by atoms with Gasteiger partial charge in [0.15, 0.2) is 0 Å². The first-order chi connectivity index (χ1) is 11.2. The van der Waals surface area contributed by atoms with Gasteiger partial charge in [0.25, 0.3) is 0 Å². The Hall–Kier alpha value is -1.50. The third kappa shape index (κ3) is 6.55. The van der Waals surface area contributed by atoms with E-state index in [1.54, 1.807) is 18.0 Å². The number of nitrogens with zero attached hydrogens (tertiary/aromatic N) is 2. The predicted molar refractivity (Wildman–Crippen MR) is 102 cm³/mol. The molecule has 0 saturated heterocycles. The van der Waals surface area contributed by atoms with Crippen molar-refractivity contribution in [3.63, 3.8) is 0 Å². The van der Waals surface area contributed by atoms with E-state index < -0.39 is 6.04 Å². The molecular weight excluding hydrogens is 344 g/mol. The van der Waals surface area contributed by atoms with Crippen LogP contribution >= 0.6 is 24.2 Å². The number of nitrogens with two attached hydrogens (primary N) is 1. The molecule has 0 aliphatic rings. The molecule has 1 heterocycles. The van der Waals surface area contributed by atoms with Gasteiger partial charge in [-0.15, -0.1) is 12.4 Å². The minimum absolute atomic E-state index is 0. The van der Waals surface area contributed by atoms with Crippen molar-refractivity contribution in [1.29, 1.82) is 0 Å². The molecule has 132 valence electrons. The second-order valence-electron chi connectivity index (χ2n) is 5.38. The fraction of sp³-hybridized carbons (Fsp3) is 0.412. The number of amides is 1. The highest BCUT2D eigenvalue weighted by Gasteiger charge is 2.13. The van der Waals surface area contributed by atoms with Crippen molar-refractivity contribution in [1.82, 2.24) is 14.9 Å². The third-order valence-corrected chi connectivity index (χ3v) is 4.32. The van der Waals surface area contributed by atoms with E-state index in [4.69, 9.17) is 5.73 Å². The number of aromatic nitrogens is 2. The number of halogens is 1. The Balaban J connectivity index is 0.00000288. The van der Waals surface area contributed by atoms with Crippen LogP contribution in [0.4, 0.5) is 0 Å². The molecule has 3 N–H and O–H groups in total. The molecule has 7 heteroatoms. The molecule has 0 aliphatic carbocycles. The molecule has 5 nitrogen and oxygen atoms in total. The lowest BCUT2D eigenvalue weighted by Gasteiger charge is -2.12. The molecule has 0 unspecified atom stereocenters. The zero-order valence-electron chi connectivity index (χ0n) is 13.9. The van der Waals surface area contributed by atoms with Gasteiger partial charge in [-0.05, 0) is 30.4 Å². The summed E-state index contributed by atoms with van der Waals surface area (Å²) in [6.07, 6.45) is 7.34. The average molecular weight is 369 g/mol. The number of rotatable bonds is 9. The maximum atomic E-state index is 12.0. The fourth-order valence-electron chi connectivity index (χ4n) is 2.28. The van der Waals surface area contributed by atoms with Crippen molar-refractivity contribution in [2.24, 2.45) is 5.73 Å². The first kappa shape index (κ1) is 20.5. The monoisotopic (exact) mass is 368 g/mol. The SMILES string of the molecule is CSCC[C@H](N)C(=O)NCc1nccn1CCc1ccccc1.Cl. The summed E-state index contributed by atoms with van der Waals surface area (Å²) >= 11 is 1.69. The number of nitrogens with one attached hydrogen (secondary N) is 1. The minimum atomic E-state index is -0.449. The topological polar surface area (TPSA) is 72.9 Å². The second-order valence-corrected chi connectivity index (χ2v) is 6.36. The van der Waals surface area contributed by atoms with Crippen LogP contribution in [0, 0.1) is 0 Å². The van der Waals surface area contributed by atoms with Crippen molar-refractivity contribution < 1.29 is 4.79 Å². The van der Waals surface area contributed by atoms with Gasteiger partial charge >= 0.3 is 0 Å². The summed E-state index contributed by atoms with van der Waals surface area (Å²) in [5.41, 5.74) is 7.15. The molecule has 1 aromatic carbocycles. The van der Waals surface area contributed by atoms with Gasteiger partial charge in [0.2, 0.25) is 5.91 Å². The number of carbonyl (C=O) groups is 1. The van der Waals surface area contributed by atoms with Gasteiger partial charge in [-0.25, -0.2) is 4.98 Å². The lowest BCUT2D eigenvalue weighted by Crippen LogP contribution is -2.41. The van der Waals surface area contributed by atoms with Crippen LogP contribution in [0.25, 0.3) is 0 Å². The van der Waals surface area contributed by atoms with E-state index in [2.05, 4.69) is 27.0 Å². The maximum Gasteiger partial charge on any atom is 0.237 e. The van der Waals surface area contributed by atoms with Crippen LogP contribution in [0.15, 0.2) is 42.7 Å². The Morgan fingerprint density at radius 2 is 2.12 bits per heavy atom. The normalized spacial score (nSPS) is 11.6.